The van der Waals surface area contributed by atoms with E-state index in [1.54, 1.807) is 36.4 Å². The molecule has 5 rings (SSSR count). The molecule has 1 unspecified atom stereocenters. The number of para-hydroxylation sites is 2. The Morgan fingerprint density at radius 3 is 2.12 bits per heavy atom. The first-order valence-electron chi connectivity index (χ1n) is 11.0. The third kappa shape index (κ3) is 3.97. The van der Waals surface area contributed by atoms with Crippen LogP contribution in [0.2, 0.25) is 0 Å². The van der Waals surface area contributed by atoms with E-state index in [0.29, 0.717) is 5.69 Å². The molecule has 1 aliphatic heterocycles. The number of aryl methyl sites for hydroxylation is 1. The minimum Gasteiger partial charge on any atom is -0.377 e. The molecule has 1 aliphatic rings. The molecule has 6 heteroatoms. The highest BCUT2D eigenvalue weighted by molar-refractivity contribution is 7.87. The lowest BCUT2D eigenvalue weighted by Crippen LogP contribution is -2.35. The zero-order chi connectivity index (χ0) is 23.8. The summed E-state index contributed by atoms with van der Waals surface area (Å²) in [5.74, 6) is 0.235. The minimum atomic E-state index is -4.01. The average molecular weight is 469 g/mol. The van der Waals surface area contributed by atoms with Gasteiger partial charge in [-0.2, -0.15) is 8.42 Å². The van der Waals surface area contributed by atoms with E-state index in [1.165, 1.54) is 0 Å². The molecule has 0 fully saturated rings. The van der Waals surface area contributed by atoms with E-state index in [9.17, 15) is 8.42 Å². The molecule has 0 aromatic heterocycles. The SMILES string of the molecule is Cc1ccc(S(=O)(=O)Oc2cccc3c2NC(C)(c2ccccc2)C3=Nc2ccccc2)cc1. The summed E-state index contributed by atoms with van der Waals surface area (Å²) in [6, 6.07) is 31.7. The fourth-order valence-electron chi connectivity index (χ4n) is 4.16. The Morgan fingerprint density at radius 1 is 0.794 bits per heavy atom. The maximum Gasteiger partial charge on any atom is 0.339 e. The highest BCUT2D eigenvalue weighted by Crippen LogP contribution is 2.45. The molecule has 34 heavy (non-hydrogen) atoms. The fourth-order valence-corrected chi connectivity index (χ4v) is 5.10. The lowest BCUT2D eigenvalue weighted by Gasteiger charge is -2.27. The second kappa shape index (κ2) is 8.47. The van der Waals surface area contributed by atoms with Crippen LogP contribution in [0.25, 0.3) is 0 Å². The normalized spacial score (nSPS) is 18.4. The van der Waals surface area contributed by atoms with Gasteiger partial charge < -0.3 is 9.50 Å². The van der Waals surface area contributed by atoms with Gasteiger partial charge in [0.1, 0.15) is 10.4 Å². The van der Waals surface area contributed by atoms with Gasteiger partial charge in [0.2, 0.25) is 0 Å². The van der Waals surface area contributed by atoms with Crippen molar-refractivity contribution in [2.75, 3.05) is 5.32 Å². The van der Waals surface area contributed by atoms with Crippen LogP contribution in [0.1, 0.15) is 23.6 Å². The Bertz CT molecular complexity index is 1470. The summed E-state index contributed by atoms with van der Waals surface area (Å²) < 4.78 is 31.7. The number of rotatable bonds is 5. The molecular weight excluding hydrogens is 444 g/mol. The van der Waals surface area contributed by atoms with Crippen LogP contribution in [0, 0.1) is 6.92 Å². The number of fused-ring (bicyclic) bond motifs is 1. The van der Waals surface area contributed by atoms with Crippen LogP contribution in [-0.2, 0) is 15.7 Å². The van der Waals surface area contributed by atoms with Gasteiger partial charge in [-0.05, 0) is 49.7 Å². The summed E-state index contributed by atoms with van der Waals surface area (Å²) in [7, 11) is -4.01. The van der Waals surface area contributed by atoms with E-state index in [-0.39, 0.29) is 10.6 Å². The zero-order valence-electron chi connectivity index (χ0n) is 18.9. The number of anilines is 1. The highest BCUT2D eigenvalue weighted by atomic mass is 32.2. The first-order chi connectivity index (χ1) is 16.4. The molecule has 4 aromatic carbocycles. The quantitative estimate of drug-likeness (QED) is 0.353. The number of benzene rings is 4. The molecule has 170 valence electrons. The number of hydrogen-bond acceptors (Lipinski definition) is 5. The summed E-state index contributed by atoms with van der Waals surface area (Å²) in [6.07, 6.45) is 0. The van der Waals surface area contributed by atoms with Crippen LogP contribution < -0.4 is 9.50 Å². The van der Waals surface area contributed by atoms with Gasteiger partial charge in [-0.15, -0.1) is 0 Å². The van der Waals surface area contributed by atoms with Gasteiger partial charge >= 0.3 is 10.1 Å². The van der Waals surface area contributed by atoms with Crippen molar-refractivity contribution in [2.24, 2.45) is 4.99 Å². The van der Waals surface area contributed by atoms with Gasteiger partial charge in [-0.1, -0.05) is 78.4 Å². The summed E-state index contributed by atoms with van der Waals surface area (Å²) in [4.78, 5) is 5.09. The molecule has 0 spiro atoms. The Kier molecular flexibility index (Phi) is 5.46. The Balaban J connectivity index is 1.63. The topological polar surface area (TPSA) is 67.8 Å². The average Bonchev–Trinajstić information content (AvgIpc) is 3.14. The molecule has 0 saturated carbocycles. The number of hydrogen-bond donors (Lipinski definition) is 1. The minimum absolute atomic E-state index is 0.109. The van der Waals surface area contributed by atoms with Crippen molar-refractivity contribution >= 4 is 27.2 Å². The van der Waals surface area contributed by atoms with E-state index in [1.807, 2.05) is 80.6 Å². The van der Waals surface area contributed by atoms with Crippen LogP contribution >= 0.6 is 0 Å². The largest absolute Gasteiger partial charge is 0.377 e. The standard InChI is InChI=1S/C28H24N2O3S/c1-20-16-18-23(19-17-20)34(31,32)33-25-15-9-14-24-26(25)30-28(2,21-10-5-3-6-11-21)27(24)29-22-12-7-4-8-13-22/h3-19,30H,1-2H3. The van der Waals surface area contributed by atoms with Crippen molar-refractivity contribution < 1.29 is 12.6 Å². The van der Waals surface area contributed by atoms with E-state index in [2.05, 4.69) is 5.32 Å². The molecule has 0 aliphatic carbocycles. The maximum absolute atomic E-state index is 13.0. The van der Waals surface area contributed by atoms with E-state index in [4.69, 9.17) is 9.18 Å². The molecule has 1 heterocycles. The zero-order valence-corrected chi connectivity index (χ0v) is 19.7. The van der Waals surface area contributed by atoms with Crippen LogP contribution in [0.3, 0.4) is 0 Å². The number of nitrogens with one attached hydrogen (secondary N) is 1. The molecule has 0 radical (unpaired) electrons. The summed E-state index contributed by atoms with van der Waals surface area (Å²) in [5, 5.41) is 3.53. The van der Waals surface area contributed by atoms with Crippen LogP contribution in [-0.4, -0.2) is 14.1 Å². The first-order valence-corrected chi connectivity index (χ1v) is 12.4. The molecule has 1 atom stereocenters. The van der Waals surface area contributed by atoms with Crippen LogP contribution in [0.4, 0.5) is 11.4 Å². The van der Waals surface area contributed by atoms with Crippen molar-refractivity contribution in [2.45, 2.75) is 24.3 Å². The summed E-state index contributed by atoms with van der Waals surface area (Å²) in [6.45, 7) is 3.95. The van der Waals surface area contributed by atoms with Gasteiger partial charge in [0.05, 0.1) is 17.1 Å². The van der Waals surface area contributed by atoms with Gasteiger partial charge in [0.25, 0.3) is 0 Å². The summed E-state index contributed by atoms with van der Waals surface area (Å²) in [5.41, 5.74) is 4.29. The Hall–Kier alpha value is -3.90. The molecule has 0 amide bonds. The van der Waals surface area contributed by atoms with E-state index >= 15 is 0 Å². The maximum atomic E-state index is 13.0. The number of aliphatic imine (C=N–C) groups is 1. The van der Waals surface area contributed by atoms with Gasteiger partial charge in [0.15, 0.2) is 5.75 Å². The Labute approximate surface area is 199 Å². The third-order valence-corrected chi connectivity index (χ3v) is 7.24. The van der Waals surface area contributed by atoms with Crippen molar-refractivity contribution in [3.05, 3.63) is 120 Å². The van der Waals surface area contributed by atoms with Crippen molar-refractivity contribution in [3.8, 4) is 5.75 Å². The molecule has 0 saturated heterocycles. The van der Waals surface area contributed by atoms with Crippen molar-refractivity contribution in [1.29, 1.82) is 0 Å². The molecular formula is C28H24N2O3S. The molecule has 5 nitrogen and oxygen atoms in total. The van der Waals surface area contributed by atoms with Gasteiger partial charge in [0, 0.05) is 5.56 Å². The predicted octanol–water partition coefficient (Wildman–Crippen LogP) is 6.22. The van der Waals surface area contributed by atoms with Gasteiger partial charge in [-0.25, -0.2) is 4.99 Å². The summed E-state index contributed by atoms with van der Waals surface area (Å²) >= 11 is 0. The van der Waals surface area contributed by atoms with Crippen molar-refractivity contribution in [1.82, 2.24) is 0 Å². The third-order valence-electron chi connectivity index (χ3n) is 5.99. The monoisotopic (exact) mass is 468 g/mol. The lowest BCUT2D eigenvalue weighted by molar-refractivity contribution is 0.486. The fraction of sp³-hybridized carbons (Fsp3) is 0.107. The second-order valence-electron chi connectivity index (χ2n) is 8.44. The van der Waals surface area contributed by atoms with E-state index in [0.717, 1.165) is 28.1 Å². The van der Waals surface area contributed by atoms with Crippen LogP contribution in [0.5, 0.6) is 5.75 Å². The predicted molar refractivity (Wildman–Crippen MR) is 135 cm³/mol. The first kappa shape index (κ1) is 21.9. The second-order valence-corrected chi connectivity index (χ2v) is 9.99. The molecule has 0 bridgehead atoms. The molecule has 4 aromatic rings. The molecule has 1 N–H and O–H groups in total. The van der Waals surface area contributed by atoms with Crippen molar-refractivity contribution in [3.63, 3.8) is 0 Å². The van der Waals surface area contributed by atoms with E-state index < -0.39 is 15.7 Å². The Morgan fingerprint density at radius 2 is 1.44 bits per heavy atom. The van der Waals surface area contributed by atoms with Gasteiger partial charge in [-0.3, -0.25) is 0 Å². The lowest BCUT2D eigenvalue weighted by atomic mass is 9.87. The number of nitrogens with zero attached hydrogens (tertiary/aromatic N) is 1. The van der Waals surface area contributed by atoms with Crippen LogP contribution in [0.15, 0.2) is 113 Å². The highest BCUT2D eigenvalue weighted by Gasteiger charge is 2.42. The smallest absolute Gasteiger partial charge is 0.339 e.